The number of nitrogens with one attached hydrogen (secondary N) is 2. The predicted octanol–water partition coefficient (Wildman–Crippen LogP) is 4.96. The zero-order valence-electron chi connectivity index (χ0n) is 30.3. The molecule has 1 amide bonds. The lowest BCUT2D eigenvalue weighted by molar-refractivity contribution is -0.122. The van der Waals surface area contributed by atoms with E-state index >= 15 is 0 Å². The fourth-order valence-electron chi connectivity index (χ4n) is 7.46. The summed E-state index contributed by atoms with van der Waals surface area (Å²) in [5.41, 5.74) is 3.00. The molecule has 0 bridgehead atoms. The van der Waals surface area contributed by atoms with Crippen molar-refractivity contribution in [1.29, 1.82) is 0 Å². The van der Waals surface area contributed by atoms with Crippen LogP contribution in [0, 0.1) is 6.92 Å². The van der Waals surface area contributed by atoms with Crippen LogP contribution >= 0.6 is 0 Å². The van der Waals surface area contributed by atoms with Crippen LogP contribution in [0.2, 0.25) is 0 Å². The first kappa shape index (κ1) is 36.6. The lowest BCUT2D eigenvalue weighted by atomic mass is 9.93. The van der Waals surface area contributed by atoms with Crippen LogP contribution in [0.1, 0.15) is 85.3 Å². The van der Waals surface area contributed by atoms with E-state index in [1.54, 1.807) is 24.7 Å². The second-order valence-electron chi connectivity index (χ2n) is 13.6. The summed E-state index contributed by atoms with van der Waals surface area (Å²) in [6.07, 6.45) is 9.92. The normalized spacial score (nSPS) is 15.8. The Balaban J connectivity index is 1.01. The molecule has 1 aromatic carbocycles. The Bertz CT molecular complexity index is 1950. The SMILES string of the molecule is CNC(=O)C(CCC=O)c1cccc(OCCCN2CCN(c3ccc(Nc4ncc5c(C)c(C(C)=O)c(=O)n(C6CCCC6)c5n4)nc3)CC2)c1. The number of hydrogen-bond acceptors (Lipinski definition) is 11. The second kappa shape index (κ2) is 16.9. The van der Waals surface area contributed by atoms with Crippen molar-refractivity contribution in [3.63, 3.8) is 0 Å². The van der Waals surface area contributed by atoms with Crippen molar-refractivity contribution in [2.75, 3.05) is 56.6 Å². The van der Waals surface area contributed by atoms with Crippen LogP contribution in [-0.4, -0.2) is 88.8 Å². The topological polar surface area (TPSA) is 152 Å². The van der Waals surface area contributed by atoms with Gasteiger partial charge < -0.3 is 25.1 Å². The summed E-state index contributed by atoms with van der Waals surface area (Å²) in [7, 11) is 1.61. The van der Waals surface area contributed by atoms with E-state index in [9.17, 15) is 19.2 Å². The maximum absolute atomic E-state index is 13.5. The van der Waals surface area contributed by atoms with Crippen molar-refractivity contribution >= 4 is 46.5 Å². The number of Topliss-reactive ketones (excluding diaryl/α,β-unsaturated/α-hetero) is 1. The third-order valence-electron chi connectivity index (χ3n) is 10.3. The summed E-state index contributed by atoms with van der Waals surface area (Å²) < 4.78 is 7.75. The van der Waals surface area contributed by atoms with Gasteiger partial charge in [0.05, 0.1) is 30.0 Å². The number of nitrogens with zero attached hydrogens (tertiary/aromatic N) is 6. The smallest absolute Gasteiger partial charge is 0.263 e. The first-order valence-electron chi connectivity index (χ1n) is 18.3. The lowest BCUT2D eigenvalue weighted by Crippen LogP contribution is -2.46. The van der Waals surface area contributed by atoms with Gasteiger partial charge in [0.25, 0.3) is 5.56 Å². The van der Waals surface area contributed by atoms with Gasteiger partial charge >= 0.3 is 0 Å². The van der Waals surface area contributed by atoms with E-state index in [0.717, 1.165) is 88.1 Å². The van der Waals surface area contributed by atoms with Crippen LogP contribution in [-0.2, 0) is 9.59 Å². The third kappa shape index (κ3) is 8.31. The number of rotatable bonds is 15. The van der Waals surface area contributed by atoms with E-state index in [1.807, 2.05) is 42.6 Å². The molecule has 2 aliphatic rings. The fraction of sp³-hybridized carbons (Fsp3) is 0.462. The monoisotopic (exact) mass is 708 g/mol. The molecule has 4 heterocycles. The summed E-state index contributed by atoms with van der Waals surface area (Å²) in [4.78, 5) is 67.9. The van der Waals surface area contributed by atoms with Gasteiger partial charge in [0.1, 0.15) is 23.5 Å². The standard InChI is InChI=1S/C39H48N8O5/c1-26-33-25-42-39(44-36(33)47(29-10-4-5-11-29)38(51)35(26)27(2)49)43-34-15-14-30(24-41-34)46-19-17-45(18-20-46)16-8-22-52-31-12-6-9-28(23-31)32(13-7-21-48)37(50)40-3/h6,9,12,14-15,21,23-25,29,32H,4-5,7-8,10-11,13,16-20,22H2,1-3H3,(H,40,50)(H,41,42,43,44). The number of likely N-dealkylation sites (N-methyl/N-ethyl adjacent to an activating group) is 1. The van der Waals surface area contributed by atoms with Crippen LogP contribution in [0.15, 0.2) is 53.6 Å². The molecule has 3 aromatic heterocycles. The van der Waals surface area contributed by atoms with Crippen LogP contribution < -0.4 is 25.8 Å². The summed E-state index contributed by atoms with van der Waals surface area (Å²) in [6, 6.07) is 11.6. The maximum Gasteiger partial charge on any atom is 0.263 e. The Morgan fingerprint density at radius 3 is 2.54 bits per heavy atom. The molecule has 274 valence electrons. The van der Waals surface area contributed by atoms with Gasteiger partial charge in [-0.25, -0.2) is 9.97 Å². The number of aldehydes is 1. The number of ether oxygens (including phenoxy) is 1. The summed E-state index contributed by atoms with van der Waals surface area (Å²) in [6.45, 7) is 8.34. The maximum atomic E-state index is 13.5. The molecule has 1 unspecified atom stereocenters. The molecule has 52 heavy (non-hydrogen) atoms. The number of fused-ring (bicyclic) bond motifs is 1. The number of anilines is 3. The van der Waals surface area contributed by atoms with Gasteiger partial charge in [-0.1, -0.05) is 25.0 Å². The van der Waals surface area contributed by atoms with Crippen LogP contribution in [0.5, 0.6) is 5.75 Å². The van der Waals surface area contributed by atoms with Crippen molar-refractivity contribution in [2.45, 2.75) is 70.8 Å². The highest BCUT2D eigenvalue weighted by Gasteiger charge is 2.26. The Hall–Kier alpha value is -5.17. The highest BCUT2D eigenvalue weighted by molar-refractivity contribution is 5.99. The highest BCUT2D eigenvalue weighted by Crippen LogP contribution is 2.32. The highest BCUT2D eigenvalue weighted by atomic mass is 16.5. The van der Waals surface area contributed by atoms with E-state index < -0.39 is 0 Å². The molecule has 1 aliphatic carbocycles. The average Bonchev–Trinajstić information content (AvgIpc) is 3.69. The number of amides is 1. The minimum Gasteiger partial charge on any atom is -0.494 e. The Labute approximate surface area is 303 Å². The van der Waals surface area contributed by atoms with Crippen molar-refractivity contribution < 1.29 is 19.1 Å². The number of benzene rings is 1. The predicted molar refractivity (Wildman–Crippen MR) is 201 cm³/mol. The molecular weight excluding hydrogens is 660 g/mol. The van der Waals surface area contributed by atoms with Gasteiger partial charge in [0.2, 0.25) is 11.9 Å². The fourth-order valence-corrected chi connectivity index (χ4v) is 7.46. The number of aryl methyl sites for hydroxylation is 1. The Morgan fingerprint density at radius 1 is 1.06 bits per heavy atom. The quantitative estimate of drug-likeness (QED) is 0.0980. The van der Waals surface area contributed by atoms with Gasteiger partial charge in [0.15, 0.2) is 5.78 Å². The zero-order valence-corrected chi connectivity index (χ0v) is 30.3. The summed E-state index contributed by atoms with van der Waals surface area (Å²) in [5, 5.41) is 6.61. The molecule has 13 nitrogen and oxygen atoms in total. The second-order valence-corrected chi connectivity index (χ2v) is 13.6. The number of aromatic nitrogens is 4. The molecule has 0 radical (unpaired) electrons. The number of pyridine rings is 2. The van der Waals surface area contributed by atoms with Crippen LogP contribution in [0.3, 0.4) is 0 Å². The van der Waals surface area contributed by atoms with E-state index in [1.165, 1.54) is 6.92 Å². The zero-order chi connectivity index (χ0) is 36.6. The molecule has 6 rings (SSSR count). The molecular formula is C39H48N8O5. The van der Waals surface area contributed by atoms with E-state index in [0.29, 0.717) is 47.8 Å². The molecule has 1 saturated heterocycles. The Morgan fingerprint density at radius 2 is 1.85 bits per heavy atom. The van der Waals surface area contributed by atoms with Gasteiger partial charge in [-0.05, 0) is 74.9 Å². The molecule has 1 saturated carbocycles. The molecule has 2 fully saturated rings. The summed E-state index contributed by atoms with van der Waals surface area (Å²) >= 11 is 0. The minimum absolute atomic E-state index is 0.0160. The van der Waals surface area contributed by atoms with E-state index in [4.69, 9.17) is 9.72 Å². The van der Waals surface area contributed by atoms with Crippen molar-refractivity contribution in [2.24, 2.45) is 0 Å². The van der Waals surface area contributed by atoms with E-state index in [-0.39, 0.29) is 34.8 Å². The number of ketones is 1. The molecule has 0 spiro atoms. The molecule has 1 aliphatic heterocycles. The molecule has 2 N–H and O–H groups in total. The minimum atomic E-state index is -0.382. The average molecular weight is 709 g/mol. The summed E-state index contributed by atoms with van der Waals surface area (Å²) in [5.74, 6) is 0.948. The van der Waals surface area contributed by atoms with Gasteiger partial charge in [0, 0.05) is 63.8 Å². The van der Waals surface area contributed by atoms with Crippen molar-refractivity contribution in [3.05, 3.63) is 75.8 Å². The molecule has 4 aromatic rings. The lowest BCUT2D eigenvalue weighted by Gasteiger charge is -2.36. The molecule has 13 heteroatoms. The first-order valence-corrected chi connectivity index (χ1v) is 18.3. The number of piperazine rings is 1. The van der Waals surface area contributed by atoms with Gasteiger partial charge in [-0.2, -0.15) is 4.98 Å². The molecule has 1 atom stereocenters. The van der Waals surface area contributed by atoms with Crippen molar-refractivity contribution in [1.82, 2.24) is 29.7 Å². The number of carbonyl (C=O) groups excluding carboxylic acids is 3. The first-order chi connectivity index (χ1) is 25.3. The third-order valence-corrected chi connectivity index (χ3v) is 10.3. The number of hydrogen-bond donors (Lipinski definition) is 2. The van der Waals surface area contributed by atoms with Crippen molar-refractivity contribution in [3.8, 4) is 5.75 Å². The largest absolute Gasteiger partial charge is 0.494 e. The van der Waals surface area contributed by atoms with Crippen LogP contribution in [0.25, 0.3) is 11.0 Å². The van der Waals surface area contributed by atoms with Crippen LogP contribution in [0.4, 0.5) is 17.5 Å². The van der Waals surface area contributed by atoms with Gasteiger partial charge in [-0.3, -0.25) is 23.9 Å². The Kier molecular flexibility index (Phi) is 11.9. The van der Waals surface area contributed by atoms with Gasteiger partial charge in [-0.15, -0.1) is 0 Å². The van der Waals surface area contributed by atoms with E-state index in [2.05, 4.69) is 30.4 Å². The number of carbonyl (C=O) groups is 3.